The summed E-state index contributed by atoms with van der Waals surface area (Å²) in [5.74, 6) is -1.40. The maximum absolute atomic E-state index is 12.6. The van der Waals surface area contributed by atoms with E-state index in [9.17, 15) is 19.5 Å². The average molecular weight is 388 g/mol. The summed E-state index contributed by atoms with van der Waals surface area (Å²) in [4.78, 5) is 36.4. The van der Waals surface area contributed by atoms with E-state index in [-0.39, 0.29) is 12.1 Å². The Morgan fingerprint density at radius 1 is 1.19 bits per heavy atom. The lowest BCUT2D eigenvalue weighted by Crippen LogP contribution is -2.44. The minimum Gasteiger partial charge on any atom is -0.480 e. The minimum atomic E-state index is -1.14. The highest BCUT2D eigenvalue weighted by molar-refractivity contribution is 7.98. The summed E-state index contributed by atoms with van der Waals surface area (Å²) in [6.45, 7) is 0. The lowest BCUT2D eigenvalue weighted by molar-refractivity contribution is -0.141. The summed E-state index contributed by atoms with van der Waals surface area (Å²) in [7, 11) is 0. The summed E-state index contributed by atoms with van der Waals surface area (Å²) >= 11 is 1.48. The molecule has 0 saturated heterocycles. The smallest absolute Gasteiger partial charge is 0.326 e. The molecule has 7 nitrogen and oxygen atoms in total. The average Bonchev–Trinajstić information content (AvgIpc) is 3.18. The second kappa shape index (κ2) is 10.2. The third-order valence-corrected chi connectivity index (χ3v) is 4.22. The van der Waals surface area contributed by atoms with Crippen LogP contribution in [0.4, 0.5) is 0 Å². The van der Waals surface area contributed by atoms with Crippen LogP contribution in [0, 0.1) is 0 Å². The number of carboxylic acids is 1. The summed E-state index contributed by atoms with van der Waals surface area (Å²) in [6.07, 6.45) is 4.90. The van der Waals surface area contributed by atoms with Crippen LogP contribution in [0.1, 0.15) is 22.5 Å². The molecule has 0 bridgehead atoms. The Morgan fingerprint density at radius 3 is 2.52 bits per heavy atom. The largest absolute Gasteiger partial charge is 0.480 e. The molecule has 1 heterocycles. The van der Waals surface area contributed by atoms with Crippen molar-refractivity contribution in [3.8, 4) is 0 Å². The van der Waals surface area contributed by atoms with E-state index in [0.717, 1.165) is 0 Å². The van der Waals surface area contributed by atoms with Crippen molar-refractivity contribution in [2.45, 2.75) is 12.5 Å². The van der Waals surface area contributed by atoms with Crippen LogP contribution in [0.15, 0.2) is 58.8 Å². The fourth-order valence-corrected chi connectivity index (χ4v) is 2.66. The molecule has 142 valence electrons. The van der Waals surface area contributed by atoms with Gasteiger partial charge in [0.2, 0.25) is 0 Å². The number of hydrogen-bond donors (Lipinski definition) is 3. The van der Waals surface area contributed by atoms with Crippen LogP contribution in [-0.4, -0.2) is 40.9 Å². The van der Waals surface area contributed by atoms with Gasteiger partial charge in [0.05, 0.1) is 6.26 Å². The first-order chi connectivity index (χ1) is 13.0. The van der Waals surface area contributed by atoms with E-state index in [1.165, 1.54) is 24.1 Å². The van der Waals surface area contributed by atoms with Gasteiger partial charge in [0.15, 0.2) is 0 Å². The van der Waals surface area contributed by atoms with Crippen LogP contribution in [0.2, 0.25) is 0 Å². The fourth-order valence-electron chi connectivity index (χ4n) is 2.19. The number of nitrogens with one attached hydrogen (secondary N) is 2. The van der Waals surface area contributed by atoms with Crippen LogP contribution in [0.25, 0.3) is 6.08 Å². The molecule has 2 rings (SSSR count). The molecule has 1 atom stereocenters. The lowest BCUT2D eigenvalue weighted by atomic mass is 10.2. The van der Waals surface area contributed by atoms with Crippen molar-refractivity contribution >= 4 is 35.6 Å². The molecule has 1 aromatic carbocycles. The molecule has 1 unspecified atom stereocenters. The highest BCUT2D eigenvalue weighted by Gasteiger charge is 2.23. The number of carbonyl (C=O) groups excluding carboxylic acids is 2. The molecule has 0 aliphatic heterocycles. The van der Waals surface area contributed by atoms with Crippen molar-refractivity contribution in [3.63, 3.8) is 0 Å². The van der Waals surface area contributed by atoms with E-state index in [0.29, 0.717) is 17.1 Å². The first kappa shape index (κ1) is 20.3. The summed E-state index contributed by atoms with van der Waals surface area (Å²) in [5.41, 5.74) is 0.266. The van der Waals surface area contributed by atoms with Gasteiger partial charge in [0, 0.05) is 11.6 Å². The maximum atomic E-state index is 12.6. The van der Waals surface area contributed by atoms with Gasteiger partial charge in [0.25, 0.3) is 11.8 Å². The number of amides is 2. The molecule has 0 saturated carbocycles. The van der Waals surface area contributed by atoms with Crippen LogP contribution in [-0.2, 0) is 9.59 Å². The normalized spacial score (nSPS) is 12.3. The van der Waals surface area contributed by atoms with Gasteiger partial charge in [-0.05, 0) is 42.7 Å². The molecule has 0 aliphatic carbocycles. The quantitative estimate of drug-likeness (QED) is 0.569. The molecule has 8 heteroatoms. The zero-order chi connectivity index (χ0) is 19.6. The predicted octanol–water partition coefficient (Wildman–Crippen LogP) is 2.37. The molecule has 2 amide bonds. The number of benzene rings is 1. The van der Waals surface area contributed by atoms with Crippen molar-refractivity contribution in [3.05, 3.63) is 65.7 Å². The minimum absolute atomic E-state index is 0.103. The number of furan rings is 1. The van der Waals surface area contributed by atoms with Crippen LogP contribution >= 0.6 is 11.8 Å². The van der Waals surface area contributed by atoms with Crippen molar-refractivity contribution in [2.24, 2.45) is 0 Å². The Labute approximate surface area is 160 Å². The molecule has 1 aromatic heterocycles. The number of aliphatic carboxylic acids is 1. The highest BCUT2D eigenvalue weighted by atomic mass is 32.2. The first-order valence-corrected chi connectivity index (χ1v) is 9.55. The number of hydrogen-bond acceptors (Lipinski definition) is 5. The number of rotatable bonds is 9. The second-order valence-corrected chi connectivity index (χ2v) is 6.52. The zero-order valence-electron chi connectivity index (χ0n) is 14.7. The maximum Gasteiger partial charge on any atom is 0.326 e. The van der Waals surface area contributed by atoms with Gasteiger partial charge in [-0.3, -0.25) is 9.59 Å². The van der Waals surface area contributed by atoms with Gasteiger partial charge >= 0.3 is 5.97 Å². The van der Waals surface area contributed by atoms with E-state index >= 15 is 0 Å². The Bertz CT molecular complexity index is 803. The SMILES string of the molecule is CSCCC(NC(=O)/C(=C\c1ccco1)NC(=O)c1ccccc1)C(=O)O. The third-order valence-electron chi connectivity index (χ3n) is 3.57. The van der Waals surface area contributed by atoms with Gasteiger partial charge in [-0.25, -0.2) is 4.79 Å². The van der Waals surface area contributed by atoms with Crippen molar-refractivity contribution in [2.75, 3.05) is 12.0 Å². The van der Waals surface area contributed by atoms with Crippen LogP contribution < -0.4 is 10.6 Å². The van der Waals surface area contributed by atoms with Crippen molar-refractivity contribution < 1.29 is 23.9 Å². The topological polar surface area (TPSA) is 109 Å². The Morgan fingerprint density at radius 2 is 1.93 bits per heavy atom. The van der Waals surface area contributed by atoms with E-state index in [4.69, 9.17) is 4.42 Å². The third kappa shape index (κ3) is 6.34. The zero-order valence-corrected chi connectivity index (χ0v) is 15.5. The van der Waals surface area contributed by atoms with Gasteiger partial charge < -0.3 is 20.2 Å². The molecule has 0 spiro atoms. The van der Waals surface area contributed by atoms with Gasteiger partial charge in [0.1, 0.15) is 17.5 Å². The van der Waals surface area contributed by atoms with E-state index < -0.39 is 23.8 Å². The standard InChI is InChI=1S/C19H20N2O5S/c1-27-11-9-15(19(24)25)20-18(23)16(12-14-8-5-10-26-14)21-17(22)13-6-3-2-4-7-13/h2-8,10,12,15H,9,11H2,1H3,(H,20,23)(H,21,22)(H,24,25)/b16-12+. The lowest BCUT2D eigenvalue weighted by Gasteiger charge is -2.16. The Hall–Kier alpha value is -3.00. The predicted molar refractivity (Wildman–Crippen MR) is 103 cm³/mol. The molecule has 3 N–H and O–H groups in total. The molecule has 0 fully saturated rings. The summed E-state index contributed by atoms with van der Waals surface area (Å²) < 4.78 is 5.19. The fraction of sp³-hybridized carbons (Fsp3) is 0.211. The molecule has 0 aliphatic rings. The van der Waals surface area contributed by atoms with E-state index in [2.05, 4.69) is 10.6 Å². The Kier molecular flexibility index (Phi) is 7.69. The molecular formula is C19H20N2O5S. The molecule has 2 aromatic rings. The van der Waals surface area contributed by atoms with E-state index in [1.807, 2.05) is 6.26 Å². The van der Waals surface area contributed by atoms with Crippen molar-refractivity contribution in [1.82, 2.24) is 10.6 Å². The molecule has 0 radical (unpaired) electrons. The number of thioether (sulfide) groups is 1. The van der Waals surface area contributed by atoms with Gasteiger partial charge in [-0.15, -0.1) is 0 Å². The van der Waals surface area contributed by atoms with E-state index in [1.54, 1.807) is 42.5 Å². The van der Waals surface area contributed by atoms with Crippen LogP contribution in [0.5, 0.6) is 0 Å². The van der Waals surface area contributed by atoms with Crippen molar-refractivity contribution in [1.29, 1.82) is 0 Å². The highest BCUT2D eigenvalue weighted by Crippen LogP contribution is 2.09. The molecule has 27 heavy (non-hydrogen) atoms. The summed E-state index contributed by atoms with van der Waals surface area (Å²) in [5, 5.41) is 14.3. The molecular weight excluding hydrogens is 368 g/mol. The summed E-state index contributed by atoms with van der Waals surface area (Å²) in [6, 6.07) is 10.6. The monoisotopic (exact) mass is 388 g/mol. The first-order valence-electron chi connectivity index (χ1n) is 8.15. The number of carbonyl (C=O) groups is 3. The number of carboxylic acid groups (broad SMARTS) is 1. The second-order valence-electron chi connectivity index (χ2n) is 5.54. The Balaban J connectivity index is 2.20. The van der Waals surface area contributed by atoms with Crippen LogP contribution in [0.3, 0.4) is 0 Å². The van der Waals surface area contributed by atoms with Gasteiger partial charge in [-0.2, -0.15) is 11.8 Å². The van der Waals surface area contributed by atoms with Gasteiger partial charge in [-0.1, -0.05) is 18.2 Å².